The predicted molar refractivity (Wildman–Crippen MR) is 87.8 cm³/mol. The molecule has 2 aromatic heterocycles. The molecule has 0 radical (unpaired) electrons. The highest BCUT2D eigenvalue weighted by molar-refractivity contribution is 5.40. The summed E-state index contributed by atoms with van der Waals surface area (Å²) in [6, 6.07) is 11.7. The SMILES string of the molecule is COc1ccc(OC)c(CNC(C)c2nnc3ccccn23)c1. The van der Waals surface area contributed by atoms with E-state index in [9.17, 15) is 0 Å². The van der Waals surface area contributed by atoms with Crippen molar-refractivity contribution in [2.75, 3.05) is 14.2 Å². The highest BCUT2D eigenvalue weighted by atomic mass is 16.5. The fourth-order valence-corrected chi connectivity index (χ4v) is 2.53. The van der Waals surface area contributed by atoms with Gasteiger partial charge in [-0.1, -0.05) is 6.07 Å². The van der Waals surface area contributed by atoms with Gasteiger partial charge in [-0.3, -0.25) is 4.40 Å². The molecule has 3 rings (SSSR count). The number of ether oxygens (including phenoxy) is 2. The van der Waals surface area contributed by atoms with Crippen molar-refractivity contribution in [3.8, 4) is 11.5 Å². The van der Waals surface area contributed by atoms with Crippen molar-refractivity contribution < 1.29 is 9.47 Å². The number of benzene rings is 1. The molecule has 120 valence electrons. The second kappa shape index (κ2) is 6.66. The molecule has 1 unspecified atom stereocenters. The number of hydrogen-bond donors (Lipinski definition) is 1. The molecule has 6 nitrogen and oxygen atoms in total. The van der Waals surface area contributed by atoms with Gasteiger partial charge in [0.25, 0.3) is 0 Å². The van der Waals surface area contributed by atoms with Gasteiger partial charge in [-0.2, -0.15) is 0 Å². The van der Waals surface area contributed by atoms with Gasteiger partial charge in [-0.15, -0.1) is 10.2 Å². The molecule has 6 heteroatoms. The van der Waals surface area contributed by atoms with Crippen LogP contribution in [0.3, 0.4) is 0 Å². The number of nitrogens with one attached hydrogen (secondary N) is 1. The lowest BCUT2D eigenvalue weighted by Crippen LogP contribution is -2.20. The van der Waals surface area contributed by atoms with Gasteiger partial charge in [0.2, 0.25) is 0 Å². The van der Waals surface area contributed by atoms with Gasteiger partial charge in [-0.05, 0) is 37.3 Å². The molecule has 0 bridgehead atoms. The van der Waals surface area contributed by atoms with Crippen molar-refractivity contribution in [2.24, 2.45) is 0 Å². The molecule has 0 spiro atoms. The van der Waals surface area contributed by atoms with Crippen molar-refractivity contribution in [3.05, 3.63) is 54.0 Å². The molecule has 0 saturated carbocycles. The molecular formula is C17H20N4O2. The van der Waals surface area contributed by atoms with Crippen LogP contribution in [-0.4, -0.2) is 28.8 Å². The van der Waals surface area contributed by atoms with Gasteiger partial charge in [-0.25, -0.2) is 0 Å². The summed E-state index contributed by atoms with van der Waals surface area (Å²) in [6.45, 7) is 2.71. The minimum Gasteiger partial charge on any atom is -0.497 e. The molecule has 23 heavy (non-hydrogen) atoms. The van der Waals surface area contributed by atoms with E-state index in [2.05, 4.69) is 22.4 Å². The first-order valence-electron chi connectivity index (χ1n) is 7.47. The van der Waals surface area contributed by atoms with Crippen LogP contribution in [-0.2, 0) is 6.54 Å². The summed E-state index contributed by atoms with van der Waals surface area (Å²) in [6.07, 6.45) is 1.97. The predicted octanol–water partition coefficient (Wildman–Crippen LogP) is 2.60. The summed E-state index contributed by atoms with van der Waals surface area (Å²) in [5.41, 5.74) is 1.88. The van der Waals surface area contributed by atoms with E-state index in [0.717, 1.165) is 28.5 Å². The average Bonchev–Trinajstić information content (AvgIpc) is 3.03. The van der Waals surface area contributed by atoms with Gasteiger partial charge in [0.05, 0.1) is 20.3 Å². The number of pyridine rings is 1. The Balaban J connectivity index is 1.77. The highest BCUT2D eigenvalue weighted by Crippen LogP contribution is 2.24. The van der Waals surface area contributed by atoms with Gasteiger partial charge in [0.15, 0.2) is 11.5 Å². The lowest BCUT2D eigenvalue weighted by Gasteiger charge is -2.15. The molecule has 2 heterocycles. The maximum atomic E-state index is 5.41. The van der Waals surface area contributed by atoms with Crippen LogP contribution < -0.4 is 14.8 Å². The molecule has 0 amide bonds. The first-order chi connectivity index (χ1) is 11.2. The summed E-state index contributed by atoms with van der Waals surface area (Å²) in [7, 11) is 3.32. The fourth-order valence-electron chi connectivity index (χ4n) is 2.53. The van der Waals surface area contributed by atoms with Crippen LogP contribution in [0.4, 0.5) is 0 Å². The van der Waals surface area contributed by atoms with Crippen molar-refractivity contribution in [1.82, 2.24) is 19.9 Å². The van der Waals surface area contributed by atoms with Crippen LogP contribution >= 0.6 is 0 Å². The van der Waals surface area contributed by atoms with E-state index in [1.807, 2.05) is 47.0 Å². The van der Waals surface area contributed by atoms with E-state index >= 15 is 0 Å². The maximum absolute atomic E-state index is 5.41. The first-order valence-corrected chi connectivity index (χ1v) is 7.47. The summed E-state index contributed by atoms with van der Waals surface area (Å²) in [5, 5.41) is 11.9. The zero-order valence-corrected chi connectivity index (χ0v) is 13.5. The Bertz CT molecular complexity index is 800. The molecule has 0 fully saturated rings. The fraction of sp³-hybridized carbons (Fsp3) is 0.294. The zero-order valence-electron chi connectivity index (χ0n) is 13.5. The number of hydrogen-bond acceptors (Lipinski definition) is 5. The van der Waals surface area contributed by atoms with Crippen LogP contribution in [0.25, 0.3) is 5.65 Å². The van der Waals surface area contributed by atoms with Crippen molar-refractivity contribution in [2.45, 2.75) is 19.5 Å². The van der Waals surface area contributed by atoms with E-state index in [-0.39, 0.29) is 6.04 Å². The molecule has 1 atom stereocenters. The number of rotatable bonds is 6. The molecule has 1 aromatic carbocycles. The molecule has 3 aromatic rings. The first kappa shape index (κ1) is 15.3. The van der Waals surface area contributed by atoms with E-state index in [4.69, 9.17) is 9.47 Å². The Morgan fingerprint density at radius 1 is 1.13 bits per heavy atom. The van der Waals surface area contributed by atoms with E-state index in [0.29, 0.717) is 6.54 Å². The van der Waals surface area contributed by atoms with E-state index in [1.165, 1.54) is 0 Å². The largest absolute Gasteiger partial charge is 0.497 e. The third-order valence-electron chi connectivity index (χ3n) is 3.81. The number of nitrogens with zero attached hydrogens (tertiary/aromatic N) is 3. The van der Waals surface area contributed by atoms with Crippen LogP contribution in [0, 0.1) is 0 Å². The van der Waals surface area contributed by atoms with E-state index < -0.39 is 0 Å². The Morgan fingerprint density at radius 2 is 2.00 bits per heavy atom. The second-order valence-electron chi connectivity index (χ2n) is 5.27. The monoisotopic (exact) mass is 312 g/mol. The van der Waals surface area contributed by atoms with Crippen LogP contribution in [0.2, 0.25) is 0 Å². The normalized spacial score (nSPS) is 12.3. The van der Waals surface area contributed by atoms with Gasteiger partial charge in [0, 0.05) is 18.3 Å². The standard InChI is InChI=1S/C17H20N4O2/c1-12(17-20-19-16-6-4-5-9-21(16)17)18-11-13-10-14(22-2)7-8-15(13)23-3/h4-10,12,18H,11H2,1-3H3. The van der Waals surface area contributed by atoms with Crippen LogP contribution in [0.5, 0.6) is 11.5 Å². The minimum atomic E-state index is 0.0447. The summed E-state index contributed by atoms with van der Waals surface area (Å²) in [5.74, 6) is 2.52. The van der Waals surface area contributed by atoms with Crippen molar-refractivity contribution >= 4 is 5.65 Å². The Labute approximate surface area is 135 Å². The Hall–Kier alpha value is -2.60. The third-order valence-corrected chi connectivity index (χ3v) is 3.81. The van der Waals surface area contributed by atoms with Crippen molar-refractivity contribution in [1.29, 1.82) is 0 Å². The van der Waals surface area contributed by atoms with Crippen molar-refractivity contribution in [3.63, 3.8) is 0 Å². The van der Waals surface area contributed by atoms with Crippen LogP contribution in [0.1, 0.15) is 24.4 Å². The summed E-state index contributed by atoms with van der Waals surface area (Å²) in [4.78, 5) is 0. The maximum Gasteiger partial charge on any atom is 0.160 e. The number of fused-ring (bicyclic) bond motifs is 1. The smallest absolute Gasteiger partial charge is 0.160 e. The van der Waals surface area contributed by atoms with Gasteiger partial charge >= 0.3 is 0 Å². The number of aromatic nitrogens is 3. The number of methoxy groups -OCH3 is 2. The molecule has 0 saturated heterocycles. The molecule has 0 aliphatic rings. The van der Waals surface area contributed by atoms with Gasteiger partial charge in [0.1, 0.15) is 11.5 Å². The molecular weight excluding hydrogens is 292 g/mol. The highest BCUT2D eigenvalue weighted by Gasteiger charge is 2.14. The molecule has 1 N–H and O–H groups in total. The second-order valence-corrected chi connectivity index (χ2v) is 5.27. The van der Waals surface area contributed by atoms with E-state index in [1.54, 1.807) is 14.2 Å². The molecule has 0 aliphatic carbocycles. The average molecular weight is 312 g/mol. The quantitative estimate of drug-likeness (QED) is 0.758. The Morgan fingerprint density at radius 3 is 2.78 bits per heavy atom. The Kier molecular flexibility index (Phi) is 4.43. The van der Waals surface area contributed by atoms with Gasteiger partial charge < -0.3 is 14.8 Å². The summed E-state index contributed by atoms with van der Waals surface area (Å²) < 4.78 is 12.7. The summed E-state index contributed by atoms with van der Waals surface area (Å²) >= 11 is 0. The third kappa shape index (κ3) is 3.12. The molecule has 0 aliphatic heterocycles. The minimum absolute atomic E-state index is 0.0447. The zero-order chi connectivity index (χ0) is 16.2. The topological polar surface area (TPSA) is 60.7 Å². The van der Waals surface area contributed by atoms with Crippen LogP contribution in [0.15, 0.2) is 42.6 Å². The lowest BCUT2D eigenvalue weighted by atomic mass is 10.1. The lowest BCUT2D eigenvalue weighted by molar-refractivity contribution is 0.395.